The molecular weight excluding hydrogens is 234 g/mol. The van der Waals surface area contributed by atoms with Crippen LogP contribution in [0.5, 0.6) is 5.75 Å². The van der Waals surface area contributed by atoms with Gasteiger partial charge in [0.25, 0.3) is 5.56 Å². The number of benzene rings is 1. The van der Waals surface area contributed by atoms with Crippen LogP contribution in [0.2, 0.25) is 0 Å². The second-order valence-corrected chi connectivity index (χ2v) is 4.02. The normalized spacial score (nSPS) is 12.3. The van der Waals surface area contributed by atoms with Crippen molar-refractivity contribution in [3.8, 4) is 5.75 Å². The lowest BCUT2D eigenvalue weighted by Crippen LogP contribution is -2.23. The summed E-state index contributed by atoms with van der Waals surface area (Å²) in [6.07, 6.45) is -0.937. The van der Waals surface area contributed by atoms with Crippen molar-refractivity contribution in [1.82, 2.24) is 4.57 Å². The molecule has 0 bridgehead atoms. The number of aromatic nitrogens is 1. The Morgan fingerprint density at radius 2 is 2.06 bits per heavy atom. The van der Waals surface area contributed by atoms with Crippen molar-refractivity contribution in [2.75, 3.05) is 0 Å². The minimum Gasteiger partial charge on any atom is -0.479 e. The number of carboxylic acids is 1. The zero-order chi connectivity index (χ0) is 13.3. The van der Waals surface area contributed by atoms with Gasteiger partial charge in [0.1, 0.15) is 5.75 Å². The molecule has 1 unspecified atom stereocenters. The van der Waals surface area contributed by atoms with Gasteiger partial charge in [0.15, 0.2) is 6.10 Å². The van der Waals surface area contributed by atoms with E-state index < -0.39 is 12.1 Å². The van der Waals surface area contributed by atoms with Crippen molar-refractivity contribution in [3.63, 3.8) is 0 Å². The van der Waals surface area contributed by atoms with Gasteiger partial charge in [0, 0.05) is 18.5 Å². The van der Waals surface area contributed by atoms with Crippen molar-refractivity contribution >= 4 is 16.9 Å². The Bertz CT molecular complexity index is 660. The number of carbonyl (C=O) groups is 1. The third-order valence-electron chi connectivity index (χ3n) is 2.78. The average Bonchev–Trinajstić information content (AvgIpc) is 2.34. The predicted octanol–water partition coefficient (Wildman–Crippen LogP) is 1.39. The molecule has 0 amide bonds. The summed E-state index contributed by atoms with van der Waals surface area (Å²) in [6, 6.07) is 8.27. The van der Waals surface area contributed by atoms with E-state index in [9.17, 15) is 9.59 Å². The highest BCUT2D eigenvalue weighted by atomic mass is 16.5. The number of ether oxygens (including phenoxy) is 1. The second kappa shape index (κ2) is 4.52. The summed E-state index contributed by atoms with van der Waals surface area (Å²) < 4.78 is 6.86. The van der Waals surface area contributed by atoms with Crippen molar-refractivity contribution in [1.29, 1.82) is 0 Å². The van der Waals surface area contributed by atoms with E-state index in [1.807, 2.05) is 0 Å². The highest BCUT2D eigenvalue weighted by Crippen LogP contribution is 2.24. The lowest BCUT2D eigenvalue weighted by molar-refractivity contribution is -0.144. The van der Waals surface area contributed by atoms with E-state index in [-0.39, 0.29) is 5.56 Å². The SMILES string of the molecule is CC(Oc1cccc2c1ccc(=O)n2C)C(=O)O. The first-order valence-corrected chi connectivity index (χ1v) is 5.49. The maximum absolute atomic E-state index is 11.5. The molecule has 2 aromatic rings. The lowest BCUT2D eigenvalue weighted by atomic mass is 10.2. The number of fused-ring (bicyclic) bond motifs is 1. The molecule has 18 heavy (non-hydrogen) atoms. The summed E-state index contributed by atoms with van der Waals surface area (Å²) in [5.41, 5.74) is 0.587. The van der Waals surface area contributed by atoms with Crippen LogP contribution in [0.1, 0.15) is 6.92 Å². The largest absolute Gasteiger partial charge is 0.479 e. The monoisotopic (exact) mass is 247 g/mol. The van der Waals surface area contributed by atoms with Gasteiger partial charge in [-0.1, -0.05) is 6.07 Å². The minimum atomic E-state index is -1.03. The molecule has 5 heteroatoms. The standard InChI is InChI=1S/C13H13NO4/c1-8(13(16)17)18-11-5-3-4-10-9(11)6-7-12(15)14(10)2/h3-8H,1-2H3,(H,16,17). The van der Waals surface area contributed by atoms with E-state index in [1.54, 1.807) is 31.3 Å². The van der Waals surface area contributed by atoms with Crippen molar-refractivity contribution in [2.24, 2.45) is 7.05 Å². The van der Waals surface area contributed by atoms with Gasteiger partial charge in [0.2, 0.25) is 0 Å². The molecule has 0 saturated heterocycles. The molecule has 5 nitrogen and oxygen atoms in total. The Morgan fingerprint density at radius 1 is 1.33 bits per heavy atom. The molecule has 1 aromatic heterocycles. The first-order valence-electron chi connectivity index (χ1n) is 5.49. The zero-order valence-electron chi connectivity index (χ0n) is 10.1. The first kappa shape index (κ1) is 12.2. The van der Waals surface area contributed by atoms with E-state index in [1.165, 1.54) is 17.6 Å². The molecule has 0 fully saturated rings. The van der Waals surface area contributed by atoms with Crippen molar-refractivity contribution in [2.45, 2.75) is 13.0 Å². The van der Waals surface area contributed by atoms with Gasteiger partial charge in [-0.25, -0.2) is 4.79 Å². The van der Waals surface area contributed by atoms with E-state index in [4.69, 9.17) is 9.84 Å². The molecule has 1 atom stereocenters. The van der Waals surface area contributed by atoms with Gasteiger partial charge >= 0.3 is 5.97 Å². The maximum Gasteiger partial charge on any atom is 0.344 e. The van der Waals surface area contributed by atoms with Gasteiger partial charge in [-0.2, -0.15) is 0 Å². The van der Waals surface area contributed by atoms with Crippen molar-refractivity contribution in [3.05, 3.63) is 40.7 Å². The van der Waals surface area contributed by atoms with E-state index in [0.29, 0.717) is 16.7 Å². The molecular formula is C13H13NO4. The molecule has 0 aliphatic carbocycles. The molecule has 0 saturated carbocycles. The number of hydrogen-bond acceptors (Lipinski definition) is 3. The fourth-order valence-corrected chi connectivity index (χ4v) is 1.72. The van der Waals surface area contributed by atoms with Gasteiger partial charge in [0.05, 0.1) is 5.52 Å². The fourth-order valence-electron chi connectivity index (χ4n) is 1.72. The summed E-state index contributed by atoms with van der Waals surface area (Å²) in [5.74, 6) is -0.574. The van der Waals surface area contributed by atoms with Gasteiger partial charge < -0.3 is 14.4 Å². The molecule has 1 aromatic carbocycles. The Hall–Kier alpha value is -2.30. The van der Waals surface area contributed by atoms with Gasteiger partial charge in [-0.05, 0) is 25.1 Å². The Balaban J connectivity index is 2.56. The van der Waals surface area contributed by atoms with Crippen LogP contribution in [-0.4, -0.2) is 21.7 Å². The number of aliphatic carboxylic acids is 1. The Kier molecular flexibility index (Phi) is 3.06. The lowest BCUT2D eigenvalue weighted by Gasteiger charge is -2.13. The second-order valence-electron chi connectivity index (χ2n) is 4.02. The van der Waals surface area contributed by atoms with Crippen molar-refractivity contribution < 1.29 is 14.6 Å². The molecule has 0 aliphatic heterocycles. The van der Waals surface area contributed by atoms with Crippen LogP contribution in [0.15, 0.2) is 35.1 Å². The third-order valence-corrected chi connectivity index (χ3v) is 2.78. The van der Waals surface area contributed by atoms with Crippen LogP contribution in [0.25, 0.3) is 10.9 Å². The number of aryl methyl sites for hydroxylation is 1. The number of carboxylic acid groups (broad SMARTS) is 1. The summed E-state index contributed by atoms with van der Waals surface area (Å²) in [5, 5.41) is 9.55. The average molecular weight is 247 g/mol. The van der Waals surface area contributed by atoms with Crippen LogP contribution >= 0.6 is 0 Å². The van der Waals surface area contributed by atoms with Crippen LogP contribution in [-0.2, 0) is 11.8 Å². The summed E-state index contributed by atoms with van der Waals surface area (Å²) in [6.45, 7) is 1.46. The first-order chi connectivity index (χ1) is 8.50. The smallest absolute Gasteiger partial charge is 0.344 e. The summed E-state index contributed by atoms with van der Waals surface area (Å²) in [4.78, 5) is 22.3. The molecule has 0 aliphatic rings. The van der Waals surface area contributed by atoms with Crippen LogP contribution in [0, 0.1) is 0 Å². The minimum absolute atomic E-state index is 0.120. The Morgan fingerprint density at radius 3 is 2.72 bits per heavy atom. The van der Waals surface area contributed by atoms with E-state index in [2.05, 4.69) is 0 Å². The predicted molar refractivity (Wildman–Crippen MR) is 66.9 cm³/mol. The molecule has 0 radical (unpaired) electrons. The topological polar surface area (TPSA) is 68.5 Å². The molecule has 2 rings (SSSR count). The van der Waals surface area contributed by atoms with E-state index in [0.717, 1.165) is 0 Å². The van der Waals surface area contributed by atoms with Crippen LogP contribution in [0.4, 0.5) is 0 Å². The van der Waals surface area contributed by atoms with Gasteiger partial charge in [-0.15, -0.1) is 0 Å². The Labute approximate surface area is 103 Å². The van der Waals surface area contributed by atoms with Gasteiger partial charge in [-0.3, -0.25) is 4.79 Å². The summed E-state index contributed by atoms with van der Waals surface area (Å²) >= 11 is 0. The molecule has 94 valence electrons. The third kappa shape index (κ3) is 2.07. The fraction of sp³-hybridized carbons (Fsp3) is 0.231. The number of pyridine rings is 1. The highest BCUT2D eigenvalue weighted by Gasteiger charge is 2.14. The number of nitrogens with zero attached hydrogens (tertiary/aromatic N) is 1. The number of hydrogen-bond donors (Lipinski definition) is 1. The highest BCUT2D eigenvalue weighted by molar-refractivity contribution is 5.86. The van der Waals surface area contributed by atoms with Crippen LogP contribution in [0.3, 0.4) is 0 Å². The van der Waals surface area contributed by atoms with E-state index >= 15 is 0 Å². The number of rotatable bonds is 3. The summed E-state index contributed by atoms with van der Waals surface area (Å²) in [7, 11) is 1.66. The molecule has 0 spiro atoms. The zero-order valence-corrected chi connectivity index (χ0v) is 10.1. The molecule has 1 heterocycles. The quantitative estimate of drug-likeness (QED) is 0.889. The maximum atomic E-state index is 11.5. The van der Waals surface area contributed by atoms with Crippen LogP contribution < -0.4 is 10.3 Å². The molecule has 1 N–H and O–H groups in total.